The second-order valence-corrected chi connectivity index (χ2v) is 10.8. The fraction of sp³-hybridized carbons (Fsp3) is 0.281. The largest absolute Gasteiger partial charge is 0.507 e. The maximum Gasteiger partial charge on any atom is 0.302 e. The highest BCUT2D eigenvalue weighted by Crippen LogP contribution is 2.44. The molecule has 2 N–H and O–H groups in total. The van der Waals surface area contributed by atoms with Gasteiger partial charge in [0.1, 0.15) is 11.5 Å². The minimum atomic E-state index is -0.999. The van der Waals surface area contributed by atoms with Gasteiger partial charge in [-0.25, -0.2) is 4.98 Å². The fourth-order valence-electron chi connectivity index (χ4n) is 5.15. The molecule has 1 unspecified atom stereocenters. The Kier molecular flexibility index (Phi) is 7.21. The van der Waals surface area contributed by atoms with Crippen LogP contribution < -0.4 is 19.1 Å². The van der Waals surface area contributed by atoms with Crippen molar-refractivity contribution >= 4 is 34.4 Å². The van der Waals surface area contributed by atoms with Crippen molar-refractivity contribution in [3.8, 4) is 17.2 Å². The smallest absolute Gasteiger partial charge is 0.302 e. The number of nitrogens with one attached hydrogen (secondary N) is 1. The number of ketones is 1. The van der Waals surface area contributed by atoms with Gasteiger partial charge in [0.2, 0.25) is 5.95 Å². The number of rotatable bonds is 7. The van der Waals surface area contributed by atoms with Crippen LogP contribution in [0.1, 0.15) is 50.4 Å². The van der Waals surface area contributed by atoms with Crippen LogP contribution in [0.4, 0.5) is 5.95 Å². The summed E-state index contributed by atoms with van der Waals surface area (Å²) < 4.78 is 16.8. The van der Waals surface area contributed by atoms with Gasteiger partial charge in [0.25, 0.3) is 5.78 Å². The van der Waals surface area contributed by atoms with E-state index in [1.54, 1.807) is 43.5 Å². The van der Waals surface area contributed by atoms with Gasteiger partial charge < -0.3 is 24.3 Å². The van der Waals surface area contributed by atoms with Crippen LogP contribution in [0.2, 0.25) is 0 Å². The van der Waals surface area contributed by atoms with Crippen molar-refractivity contribution in [2.24, 2.45) is 0 Å². The zero-order valence-electron chi connectivity index (χ0n) is 23.9. The summed E-state index contributed by atoms with van der Waals surface area (Å²) in [7, 11) is 3.12. The zero-order chi connectivity index (χ0) is 29.5. The van der Waals surface area contributed by atoms with E-state index >= 15 is 0 Å². The number of Topliss-reactive ketones (excluding diaryl/α,β-unsaturated/α-hetero) is 1. The number of amides is 1. The summed E-state index contributed by atoms with van der Waals surface area (Å²) in [5, 5.41) is 11.7. The number of fused-ring (bicyclic) bond motifs is 1. The summed E-state index contributed by atoms with van der Waals surface area (Å²) in [5.41, 5.74) is 2.74. The number of imidazole rings is 1. The number of carbonyl (C=O) groups is 2. The van der Waals surface area contributed by atoms with E-state index in [1.165, 1.54) is 12.0 Å². The van der Waals surface area contributed by atoms with Crippen LogP contribution in [0.3, 0.4) is 0 Å². The van der Waals surface area contributed by atoms with E-state index in [4.69, 9.17) is 14.2 Å². The SMILES string of the molecule is CCOc1cc(C2/C(=C(\O)c3ccc(OC)c(C(C)(C)C)c3)C(=O)C(=O)N2c2nc3ccccc3[nH]2)ccc1OC. The van der Waals surface area contributed by atoms with E-state index in [2.05, 4.69) is 9.97 Å². The van der Waals surface area contributed by atoms with E-state index < -0.39 is 17.7 Å². The minimum absolute atomic E-state index is 0.0619. The van der Waals surface area contributed by atoms with E-state index in [-0.39, 0.29) is 22.7 Å². The first-order chi connectivity index (χ1) is 19.6. The number of hydrogen-bond acceptors (Lipinski definition) is 7. The molecule has 1 fully saturated rings. The normalized spacial score (nSPS) is 16.8. The monoisotopic (exact) mass is 555 g/mol. The Morgan fingerprint density at radius 2 is 1.68 bits per heavy atom. The molecule has 1 aliphatic heterocycles. The summed E-state index contributed by atoms with van der Waals surface area (Å²) >= 11 is 0. The summed E-state index contributed by atoms with van der Waals surface area (Å²) in [6.07, 6.45) is 0. The lowest BCUT2D eigenvalue weighted by molar-refractivity contribution is -0.132. The summed E-state index contributed by atoms with van der Waals surface area (Å²) in [4.78, 5) is 36.4. The van der Waals surface area contributed by atoms with Gasteiger partial charge in [0.15, 0.2) is 11.5 Å². The van der Waals surface area contributed by atoms with Gasteiger partial charge in [-0.2, -0.15) is 0 Å². The molecule has 4 aromatic rings. The summed E-state index contributed by atoms with van der Waals surface area (Å²) in [6.45, 7) is 8.32. The van der Waals surface area contributed by atoms with Crippen LogP contribution in [0.5, 0.6) is 17.2 Å². The van der Waals surface area contributed by atoms with Crippen molar-refractivity contribution < 1.29 is 28.9 Å². The van der Waals surface area contributed by atoms with Crippen molar-refractivity contribution in [1.29, 1.82) is 0 Å². The molecule has 0 spiro atoms. The zero-order valence-corrected chi connectivity index (χ0v) is 23.9. The Bertz CT molecular complexity index is 1650. The van der Waals surface area contributed by atoms with Crippen molar-refractivity contribution in [2.45, 2.75) is 39.2 Å². The molecule has 5 rings (SSSR count). The Balaban J connectivity index is 1.76. The van der Waals surface area contributed by atoms with Gasteiger partial charge in [0, 0.05) is 11.1 Å². The number of aromatic nitrogens is 2. The van der Waals surface area contributed by atoms with Gasteiger partial charge in [-0.15, -0.1) is 0 Å². The number of methoxy groups -OCH3 is 2. The molecule has 1 saturated heterocycles. The molecule has 1 amide bonds. The highest BCUT2D eigenvalue weighted by atomic mass is 16.5. The highest BCUT2D eigenvalue weighted by Gasteiger charge is 2.48. The molecule has 2 heterocycles. The predicted molar refractivity (Wildman–Crippen MR) is 157 cm³/mol. The molecular formula is C32H33N3O6. The number of carbonyl (C=O) groups excluding carboxylic acids is 2. The van der Waals surface area contributed by atoms with Gasteiger partial charge in [-0.1, -0.05) is 39.0 Å². The minimum Gasteiger partial charge on any atom is -0.507 e. The molecule has 1 atom stereocenters. The number of anilines is 1. The Morgan fingerprint density at radius 1 is 0.976 bits per heavy atom. The Labute approximate surface area is 238 Å². The van der Waals surface area contributed by atoms with Crippen LogP contribution in [0.25, 0.3) is 16.8 Å². The number of ether oxygens (including phenoxy) is 3. The van der Waals surface area contributed by atoms with Crippen molar-refractivity contribution in [1.82, 2.24) is 9.97 Å². The third kappa shape index (κ3) is 4.88. The molecule has 0 aliphatic carbocycles. The molecule has 9 nitrogen and oxygen atoms in total. The number of nitrogens with zero attached hydrogens (tertiary/aromatic N) is 2. The second-order valence-electron chi connectivity index (χ2n) is 10.8. The van der Waals surface area contributed by atoms with E-state index in [0.717, 1.165) is 5.56 Å². The first-order valence-corrected chi connectivity index (χ1v) is 13.3. The van der Waals surface area contributed by atoms with Crippen LogP contribution in [-0.2, 0) is 15.0 Å². The maximum atomic E-state index is 13.7. The summed E-state index contributed by atoms with van der Waals surface area (Å²) in [5.74, 6) is -0.137. The van der Waals surface area contributed by atoms with Crippen LogP contribution in [-0.4, -0.2) is 47.6 Å². The lowest BCUT2D eigenvalue weighted by atomic mass is 9.84. The molecule has 1 aromatic heterocycles. The van der Waals surface area contributed by atoms with Crippen molar-refractivity contribution in [3.63, 3.8) is 0 Å². The number of hydrogen-bond donors (Lipinski definition) is 2. The fourth-order valence-corrected chi connectivity index (χ4v) is 5.15. The van der Waals surface area contributed by atoms with Crippen molar-refractivity contribution in [3.05, 3.63) is 82.9 Å². The number of aliphatic hydroxyl groups is 1. The average molecular weight is 556 g/mol. The highest BCUT2D eigenvalue weighted by molar-refractivity contribution is 6.51. The molecule has 41 heavy (non-hydrogen) atoms. The van der Waals surface area contributed by atoms with Gasteiger partial charge >= 0.3 is 5.91 Å². The molecule has 0 bridgehead atoms. The lowest BCUT2D eigenvalue weighted by Gasteiger charge is -2.25. The topological polar surface area (TPSA) is 114 Å². The van der Waals surface area contributed by atoms with Crippen LogP contribution in [0, 0.1) is 0 Å². The first kappa shape index (κ1) is 27.8. The summed E-state index contributed by atoms with van der Waals surface area (Å²) in [6, 6.07) is 16.7. The Hall–Kier alpha value is -4.79. The molecule has 9 heteroatoms. The van der Waals surface area contributed by atoms with Crippen LogP contribution >= 0.6 is 0 Å². The van der Waals surface area contributed by atoms with Gasteiger partial charge in [0.05, 0.1) is 43.5 Å². The van der Waals surface area contributed by atoms with E-state index in [0.29, 0.717) is 46.0 Å². The lowest BCUT2D eigenvalue weighted by Crippen LogP contribution is -2.30. The van der Waals surface area contributed by atoms with Crippen LogP contribution in [0.15, 0.2) is 66.2 Å². The molecule has 1 aliphatic rings. The maximum absolute atomic E-state index is 13.7. The standard InChI is InChI=1S/C32H33N3O6/c1-7-41-25-17-18(12-15-24(25)40-6)27-26(28(36)19-13-14-23(39-5)20(16-19)32(2,3)4)29(37)30(38)35(27)31-33-21-10-8-9-11-22(21)34-31/h8-17,27,36H,7H2,1-6H3,(H,33,34)/b28-26+. The first-order valence-electron chi connectivity index (χ1n) is 13.3. The number of benzene rings is 3. The van der Waals surface area contributed by atoms with Gasteiger partial charge in [-0.3, -0.25) is 14.5 Å². The molecular weight excluding hydrogens is 522 g/mol. The van der Waals surface area contributed by atoms with E-state index in [9.17, 15) is 14.7 Å². The van der Waals surface area contributed by atoms with E-state index in [1.807, 2.05) is 52.0 Å². The van der Waals surface area contributed by atoms with Gasteiger partial charge in [-0.05, 0) is 60.4 Å². The molecule has 3 aromatic carbocycles. The van der Waals surface area contributed by atoms with Crippen molar-refractivity contribution in [2.75, 3.05) is 25.7 Å². The third-order valence-corrected chi connectivity index (χ3v) is 7.13. The average Bonchev–Trinajstić information content (AvgIpc) is 3.50. The quantitative estimate of drug-likeness (QED) is 0.166. The molecule has 0 radical (unpaired) electrons. The number of para-hydroxylation sites is 2. The number of H-pyrrole nitrogens is 1. The molecule has 212 valence electrons. The molecule has 0 saturated carbocycles. The predicted octanol–water partition coefficient (Wildman–Crippen LogP) is 5.90. The third-order valence-electron chi connectivity index (χ3n) is 7.13. The number of aliphatic hydroxyl groups excluding tert-OH is 1. The Morgan fingerprint density at radius 3 is 2.34 bits per heavy atom. The second kappa shape index (κ2) is 10.6. The number of aromatic amines is 1.